The molecule has 2 saturated heterocycles. The fourth-order valence-electron chi connectivity index (χ4n) is 3.77. The minimum atomic E-state index is -0.467. The van der Waals surface area contributed by atoms with Crippen LogP contribution in [0, 0.1) is 0 Å². The van der Waals surface area contributed by atoms with Gasteiger partial charge in [0.15, 0.2) is 11.5 Å². The number of hydrogen-bond donors (Lipinski definition) is 2. The van der Waals surface area contributed by atoms with Gasteiger partial charge in [0.2, 0.25) is 0 Å². The Balaban J connectivity index is 1.47. The lowest BCUT2D eigenvalue weighted by Gasteiger charge is -2.30. The first-order valence-electron chi connectivity index (χ1n) is 11.1. The summed E-state index contributed by atoms with van der Waals surface area (Å²) >= 11 is 0. The van der Waals surface area contributed by atoms with Crippen molar-refractivity contribution in [3.63, 3.8) is 0 Å². The highest BCUT2D eigenvalue weighted by molar-refractivity contribution is 5.97. The summed E-state index contributed by atoms with van der Waals surface area (Å²) in [7, 11) is 0. The first kappa shape index (κ1) is 23.1. The summed E-state index contributed by atoms with van der Waals surface area (Å²) in [4.78, 5) is 29.4. The molecule has 3 rings (SSSR count). The number of nitrogens with zero attached hydrogens (tertiary/aromatic N) is 4. The van der Waals surface area contributed by atoms with Crippen molar-refractivity contribution < 1.29 is 14.0 Å². The van der Waals surface area contributed by atoms with Gasteiger partial charge in [-0.05, 0) is 39.8 Å². The van der Waals surface area contributed by atoms with Crippen molar-refractivity contribution in [1.82, 2.24) is 20.7 Å². The second-order valence-electron chi connectivity index (χ2n) is 8.66. The maximum Gasteiger partial charge on any atom is 0.307 e. The molecule has 1 aromatic rings. The lowest BCUT2D eigenvalue weighted by Crippen LogP contribution is -2.39. The number of rotatable bonds is 6. The monoisotopic (exact) mass is 430 g/mol. The Bertz CT molecular complexity index is 756. The second kappa shape index (κ2) is 10.7. The number of hydrogen-bond acceptors (Lipinski definition) is 7. The zero-order valence-corrected chi connectivity index (χ0v) is 19.0. The highest BCUT2D eigenvalue weighted by Gasteiger charge is 2.20. The van der Waals surface area contributed by atoms with E-state index in [4.69, 9.17) is 4.42 Å². The number of hydrazone groups is 2. The average molecular weight is 431 g/mol. The van der Waals surface area contributed by atoms with Gasteiger partial charge in [-0.15, -0.1) is 0 Å². The summed E-state index contributed by atoms with van der Waals surface area (Å²) in [6, 6.07) is 3.98. The number of amides is 2. The van der Waals surface area contributed by atoms with E-state index in [-0.39, 0.29) is 11.5 Å². The third-order valence-electron chi connectivity index (χ3n) is 5.90. The number of piperidine rings is 2. The number of furan rings is 1. The summed E-state index contributed by atoms with van der Waals surface area (Å²) in [5.74, 6) is -0.838. The Kier molecular flexibility index (Phi) is 7.97. The molecule has 2 amide bonds. The van der Waals surface area contributed by atoms with Crippen LogP contribution in [0.4, 0.5) is 0 Å². The van der Waals surface area contributed by atoms with E-state index in [1.807, 2.05) is 0 Å². The molecule has 3 heterocycles. The number of carbonyl (C=O) groups excluding carboxylic acids is 2. The van der Waals surface area contributed by atoms with Gasteiger partial charge in [0.05, 0.1) is 0 Å². The zero-order valence-electron chi connectivity index (χ0n) is 19.0. The maximum atomic E-state index is 12.3. The lowest BCUT2D eigenvalue weighted by atomic mass is 10.1. The first-order chi connectivity index (χ1) is 14.8. The van der Waals surface area contributed by atoms with Crippen LogP contribution >= 0.6 is 0 Å². The molecule has 9 heteroatoms. The molecule has 0 unspecified atom stereocenters. The van der Waals surface area contributed by atoms with Gasteiger partial charge in [0, 0.05) is 75.4 Å². The van der Waals surface area contributed by atoms with E-state index in [0.29, 0.717) is 12.1 Å². The molecule has 0 radical (unpaired) electrons. The summed E-state index contributed by atoms with van der Waals surface area (Å²) in [6.07, 6.45) is 3.33. The molecule has 31 heavy (non-hydrogen) atoms. The van der Waals surface area contributed by atoms with Crippen molar-refractivity contribution >= 4 is 23.2 Å². The van der Waals surface area contributed by atoms with Gasteiger partial charge in [0.25, 0.3) is 0 Å². The van der Waals surface area contributed by atoms with E-state index in [1.54, 1.807) is 0 Å². The van der Waals surface area contributed by atoms with Crippen molar-refractivity contribution in [3.8, 4) is 0 Å². The largest absolute Gasteiger partial charge is 0.446 e. The minimum absolute atomic E-state index is 0.0482. The molecule has 2 fully saturated rings. The molecule has 0 atom stereocenters. The van der Waals surface area contributed by atoms with Crippen molar-refractivity contribution in [2.75, 3.05) is 26.2 Å². The molecule has 9 nitrogen and oxygen atoms in total. The highest BCUT2D eigenvalue weighted by Crippen LogP contribution is 2.12. The molecule has 170 valence electrons. The fraction of sp³-hybridized carbons (Fsp3) is 0.636. The van der Waals surface area contributed by atoms with E-state index in [1.165, 1.54) is 12.1 Å². The standard InChI is InChI=1S/C22H34N6O3/c1-15(2)27-11-7-17(8-12-27)23-25-21(29)19-5-6-20(31-19)22(30)26-24-18-9-13-28(14-10-18)16(3)4/h5-6,15-16H,7-14H2,1-4H3,(H,25,29)(H,26,30). The van der Waals surface area contributed by atoms with Crippen LogP contribution < -0.4 is 10.9 Å². The molecule has 0 saturated carbocycles. The molecule has 0 aromatic carbocycles. The van der Waals surface area contributed by atoms with E-state index < -0.39 is 11.8 Å². The molecule has 2 N–H and O–H groups in total. The Morgan fingerprint density at radius 3 is 1.45 bits per heavy atom. The molecule has 0 spiro atoms. The highest BCUT2D eigenvalue weighted by atomic mass is 16.4. The number of likely N-dealkylation sites (tertiary alicyclic amines) is 2. The molecule has 0 aliphatic carbocycles. The first-order valence-corrected chi connectivity index (χ1v) is 11.1. The van der Waals surface area contributed by atoms with Gasteiger partial charge in [-0.2, -0.15) is 10.2 Å². The lowest BCUT2D eigenvalue weighted by molar-refractivity contribution is 0.0901. The number of nitrogens with one attached hydrogen (secondary N) is 2. The topological polar surface area (TPSA) is 103 Å². The van der Waals surface area contributed by atoms with Crippen LogP contribution in [0.5, 0.6) is 0 Å². The van der Waals surface area contributed by atoms with E-state index in [2.05, 4.69) is 58.5 Å². The van der Waals surface area contributed by atoms with Crippen LogP contribution in [0.25, 0.3) is 0 Å². The molecular formula is C22H34N6O3. The molecule has 2 aliphatic heterocycles. The summed E-state index contributed by atoms with van der Waals surface area (Å²) in [5.41, 5.74) is 7.00. The van der Waals surface area contributed by atoms with Crippen molar-refractivity contribution in [1.29, 1.82) is 0 Å². The van der Waals surface area contributed by atoms with Crippen LogP contribution in [-0.4, -0.2) is 71.3 Å². The van der Waals surface area contributed by atoms with Crippen LogP contribution in [0.15, 0.2) is 26.8 Å². The number of carbonyl (C=O) groups is 2. The average Bonchev–Trinajstić information content (AvgIpc) is 3.27. The summed E-state index contributed by atoms with van der Waals surface area (Å²) < 4.78 is 5.40. The third kappa shape index (κ3) is 6.48. The summed E-state index contributed by atoms with van der Waals surface area (Å²) in [6.45, 7) is 12.5. The van der Waals surface area contributed by atoms with Crippen LogP contribution in [0.3, 0.4) is 0 Å². The minimum Gasteiger partial charge on any atom is -0.446 e. The van der Waals surface area contributed by atoms with Crippen LogP contribution in [0.2, 0.25) is 0 Å². The third-order valence-corrected chi connectivity index (χ3v) is 5.90. The SMILES string of the molecule is CC(C)N1CCC(=NNC(=O)c2ccc(C(=O)NN=C3CCN(C(C)C)CC3)o2)CC1. The molecule has 0 bridgehead atoms. The van der Waals surface area contributed by atoms with Crippen molar-refractivity contribution in [2.45, 2.75) is 65.5 Å². The maximum absolute atomic E-state index is 12.3. The van der Waals surface area contributed by atoms with Crippen LogP contribution in [0.1, 0.15) is 74.5 Å². The fourth-order valence-corrected chi connectivity index (χ4v) is 3.77. The van der Waals surface area contributed by atoms with Gasteiger partial charge in [0.1, 0.15) is 0 Å². The smallest absolute Gasteiger partial charge is 0.307 e. The van der Waals surface area contributed by atoms with E-state index >= 15 is 0 Å². The normalized spacial score (nSPS) is 18.4. The predicted molar refractivity (Wildman–Crippen MR) is 120 cm³/mol. The van der Waals surface area contributed by atoms with Gasteiger partial charge in [-0.3, -0.25) is 9.59 Å². The van der Waals surface area contributed by atoms with Gasteiger partial charge in [-0.25, -0.2) is 10.9 Å². The van der Waals surface area contributed by atoms with Crippen molar-refractivity contribution in [3.05, 3.63) is 23.7 Å². The molecule has 1 aromatic heterocycles. The van der Waals surface area contributed by atoms with Gasteiger partial charge in [-0.1, -0.05) is 0 Å². The molecule has 2 aliphatic rings. The second-order valence-corrected chi connectivity index (χ2v) is 8.66. The quantitative estimate of drug-likeness (QED) is 0.675. The van der Waals surface area contributed by atoms with Crippen molar-refractivity contribution in [2.24, 2.45) is 10.2 Å². The predicted octanol–water partition coefficient (Wildman–Crippen LogP) is 2.46. The van der Waals surface area contributed by atoms with Gasteiger partial charge >= 0.3 is 11.8 Å². The van der Waals surface area contributed by atoms with Gasteiger partial charge < -0.3 is 14.2 Å². The van der Waals surface area contributed by atoms with E-state index in [0.717, 1.165) is 63.3 Å². The summed E-state index contributed by atoms with van der Waals surface area (Å²) in [5, 5.41) is 8.45. The Morgan fingerprint density at radius 1 is 0.774 bits per heavy atom. The zero-order chi connectivity index (χ0) is 22.4. The Hall–Kier alpha value is -2.52. The van der Waals surface area contributed by atoms with E-state index in [9.17, 15) is 9.59 Å². The Labute approximate surface area is 183 Å². The van der Waals surface area contributed by atoms with Crippen LogP contribution in [-0.2, 0) is 0 Å². The Morgan fingerprint density at radius 2 is 1.13 bits per heavy atom. The molecular weight excluding hydrogens is 396 g/mol.